The van der Waals surface area contributed by atoms with Crippen molar-refractivity contribution in [2.45, 2.75) is 11.8 Å². The number of hydrogen-bond acceptors (Lipinski definition) is 3. The first-order valence-corrected chi connectivity index (χ1v) is 7.33. The third-order valence-electron chi connectivity index (χ3n) is 3.25. The van der Waals surface area contributed by atoms with E-state index in [1.807, 2.05) is 35.4 Å². The Morgan fingerprint density at radius 2 is 2.21 bits per heavy atom. The molecule has 1 fully saturated rings. The summed E-state index contributed by atoms with van der Waals surface area (Å²) >= 11 is 1.68. The Kier molecular flexibility index (Phi) is 3.55. The van der Waals surface area contributed by atoms with Crippen LogP contribution in [0.3, 0.4) is 0 Å². The Labute approximate surface area is 116 Å². The molecule has 0 aliphatic carbocycles. The minimum Gasteiger partial charge on any atom is -0.363 e. The van der Waals surface area contributed by atoms with Gasteiger partial charge in [-0.15, -0.1) is 11.8 Å². The Bertz CT molecular complexity index is 541. The van der Waals surface area contributed by atoms with Gasteiger partial charge in [0.25, 0.3) is 0 Å². The lowest BCUT2D eigenvalue weighted by Gasteiger charge is -2.23. The van der Waals surface area contributed by atoms with Crippen molar-refractivity contribution in [3.63, 3.8) is 0 Å². The summed E-state index contributed by atoms with van der Waals surface area (Å²) in [6.07, 6.45) is 6.35. The van der Waals surface area contributed by atoms with Crippen molar-refractivity contribution in [2.75, 3.05) is 12.3 Å². The molecular formula is C14H15N3OS. The molecule has 0 radical (unpaired) electrons. The third-order valence-corrected chi connectivity index (χ3v) is 4.48. The summed E-state index contributed by atoms with van der Waals surface area (Å²) in [6, 6.07) is 8.00. The molecule has 5 heteroatoms. The largest absolute Gasteiger partial charge is 0.363 e. The molecule has 1 saturated heterocycles. The predicted molar refractivity (Wildman–Crippen MR) is 75.6 cm³/mol. The maximum atomic E-state index is 12.0. The molecule has 0 aromatic carbocycles. The van der Waals surface area contributed by atoms with Crippen molar-refractivity contribution in [3.05, 3.63) is 54.1 Å². The number of amides is 1. The van der Waals surface area contributed by atoms with Crippen molar-refractivity contribution >= 4 is 17.7 Å². The van der Waals surface area contributed by atoms with Gasteiger partial charge in [0, 0.05) is 30.8 Å². The number of thioether (sulfide) groups is 1. The van der Waals surface area contributed by atoms with Crippen LogP contribution in [-0.2, 0) is 11.2 Å². The summed E-state index contributed by atoms with van der Waals surface area (Å²) in [5, 5.41) is 0.129. The zero-order valence-electron chi connectivity index (χ0n) is 10.5. The molecule has 4 nitrogen and oxygen atoms in total. The smallest absolute Gasteiger partial charge is 0.233 e. The summed E-state index contributed by atoms with van der Waals surface area (Å²) in [6.45, 7) is 0.750. The summed E-state index contributed by atoms with van der Waals surface area (Å²) in [7, 11) is 0. The van der Waals surface area contributed by atoms with Gasteiger partial charge in [-0.1, -0.05) is 0 Å². The number of pyridine rings is 1. The molecule has 1 N–H and O–H groups in total. The topological polar surface area (TPSA) is 49.0 Å². The van der Waals surface area contributed by atoms with Gasteiger partial charge < -0.3 is 9.88 Å². The number of rotatable bonds is 4. The van der Waals surface area contributed by atoms with Crippen molar-refractivity contribution in [2.24, 2.45) is 0 Å². The fraction of sp³-hybridized carbons (Fsp3) is 0.286. The second-order valence-electron chi connectivity index (χ2n) is 4.48. The molecule has 0 bridgehead atoms. The van der Waals surface area contributed by atoms with Crippen molar-refractivity contribution in [3.8, 4) is 0 Å². The number of carbonyl (C=O) groups is 1. The number of hydrogen-bond donors (Lipinski definition) is 1. The average Bonchev–Trinajstić information content (AvgIpc) is 3.07. The van der Waals surface area contributed by atoms with Crippen LogP contribution < -0.4 is 0 Å². The van der Waals surface area contributed by atoms with Crippen molar-refractivity contribution < 1.29 is 4.79 Å². The van der Waals surface area contributed by atoms with E-state index in [1.165, 1.54) is 5.56 Å². The molecule has 98 valence electrons. The molecule has 1 amide bonds. The van der Waals surface area contributed by atoms with E-state index in [0.717, 1.165) is 18.7 Å². The highest BCUT2D eigenvalue weighted by molar-refractivity contribution is 8.00. The van der Waals surface area contributed by atoms with Crippen LogP contribution in [0.5, 0.6) is 0 Å². The van der Waals surface area contributed by atoms with Crippen LogP contribution in [-0.4, -0.2) is 33.1 Å². The minimum atomic E-state index is 0.129. The number of nitrogens with zero attached hydrogens (tertiary/aromatic N) is 2. The van der Waals surface area contributed by atoms with Crippen molar-refractivity contribution in [1.82, 2.24) is 14.9 Å². The van der Waals surface area contributed by atoms with Gasteiger partial charge in [-0.2, -0.15) is 0 Å². The highest BCUT2D eigenvalue weighted by Gasteiger charge is 2.32. The first-order valence-electron chi connectivity index (χ1n) is 6.28. The molecule has 1 atom stereocenters. The van der Waals surface area contributed by atoms with Gasteiger partial charge in [-0.25, -0.2) is 0 Å². The Morgan fingerprint density at radius 1 is 1.37 bits per heavy atom. The molecule has 1 unspecified atom stereocenters. The molecular weight excluding hydrogens is 258 g/mol. The monoisotopic (exact) mass is 273 g/mol. The van der Waals surface area contributed by atoms with Crippen LogP contribution in [0, 0.1) is 0 Å². The lowest BCUT2D eigenvalue weighted by atomic mass is 10.2. The fourth-order valence-electron chi connectivity index (χ4n) is 2.25. The van der Waals surface area contributed by atoms with Crippen LogP contribution in [0.25, 0.3) is 0 Å². The molecule has 0 saturated carbocycles. The SMILES string of the molecule is O=C1CSC(c2ccc[nH]2)N1CCc1ccncc1. The van der Waals surface area contributed by atoms with Gasteiger partial charge in [0.15, 0.2) is 0 Å². The zero-order chi connectivity index (χ0) is 13.1. The summed E-state index contributed by atoms with van der Waals surface area (Å²) in [4.78, 5) is 21.1. The summed E-state index contributed by atoms with van der Waals surface area (Å²) in [5.41, 5.74) is 2.32. The first kappa shape index (κ1) is 12.3. The fourth-order valence-corrected chi connectivity index (χ4v) is 3.45. The second kappa shape index (κ2) is 5.48. The lowest BCUT2D eigenvalue weighted by Crippen LogP contribution is -2.30. The second-order valence-corrected chi connectivity index (χ2v) is 5.55. The van der Waals surface area contributed by atoms with Gasteiger partial charge in [-0.05, 0) is 36.2 Å². The zero-order valence-corrected chi connectivity index (χ0v) is 11.3. The third kappa shape index (κ3) is 2.66. The van der Waals surface area contributed by atoms with Gasteiger partial charge in [-0.3, -0.25) is 9.78 Å². The molecule has 1 aliphatic rings. The molecule has 19 heavy (non-hydrogen) atoms. The maximum absolute atomic E-state index is 12.0. The number of carbonyl (C=O) groups excluding carboxylic acids is 1. The molecule has 3 heterocycles. The van der Waals surface area contributed by atoms with Gasteiger partial charge >= 0.3 is 0 Å². The number of nitrogens with one attached hydrogen (secondary N) is 1. The Hall–Kier alpha value is -1.75. The number of aromatic amines is 1. The quantitative estimate of drug-likeness (QED) is 0.929. The molecule has 3 rings (SSSR count). The highest BCUT2D eigenvalue weighted by atomic mass is 32.2. The number of aromatic nitrogens is 2. The van der Waals surface area contributed by atoms with Crippen LogP contribution in [0.4, 0.5) is 0 Å². The van der Waals surface area contributed by atoms with E-state index in [9.17, 15) is 4.79 Å². The Balaban J connectivity index is 1.69. The van der Waals surface area contributed by atoms with E-state index in [-0.39, 0.29) is 11.3 Å². The van der Waals surface area contributed by atoms with E-state index in [0.29, 0.717) is 5.75 Å². The Morgan fingerprint density at radius 3 is 2.95 bits per heavy atom. The normalized spacial score (nSPS) is 19.1. The predicted octanol–water partition coefficient (Wildman–Crippen LogP) is 2.23. The van der Waals surface area contributed by atoms with Crippen LogP contribution in [0.15, 0.2) is 42.9 Å². The van der Waals surface area contributed by atoms with E-state index >= 15 is 0 Å². The van der Waals surface area contributed by atoms with Crippen LogP contribution in [0.1, 0.15) is 16.6 Å². The molecule has 2 aromatic rings. The molecule has 0 spiro atoms. The standard InChI is InChI=1S/C14H15N3OS/c18-13-10-19-14(12-2-1-6-16-12)17(13)9-5-11-3-7-15-8-4-11/h1-4,6-8,14,16H,5,9-10H2. The average molecular weight is 273 g/mol. The van der Waals surface area contributed by atoms with Gasteiger partial charge in [0.05, 0.1) is 5.75 Å². The van der Waals surface area contributed by atoms with Crippen LogP contribution in [0.2, 0.25) is 0 Å². The van der Waals surface area contributed by atoms with Gasteiger partial charge in [0.1, 0.15) is 5.37 Å². The lowest BCUT2D eigenvalue weighted by molar-refractivity contribution is -0.128. The molecule has 2 aromatic heterocycles. The summed E-state index contributed by atoms with van der Waals surface area (Å²) < 4.78 is 0. The van der Waals surface area contributed by atoms with Gasteiger partial charge in [0.2, 0.25) is 5.91 Å². The van der Waals surface area contributed by atoms with E-state index < -0.39 is 0 Å². The van der Waals surface area contributed by atoms with E-state index in [4.69, 9.17) is 0 Å². The summed E-state index contributed by atoms with van der Waals surface area (Å²) in [5.74, 6) is 0.790. The van der Waals surface area contributed by atoms with Crippen molar-refractivity contribution in [1.29, 1.82) is 0 Å². The minimum absolute atomic E-state index is 0.129. The van der Waals surface area contributed by atoms with E-state index in [2.05, 4.69) is 9.97 Å². The van der Waals surface area contributed by atoms with Crippen LogP contribution >= 0.6 is 11.8 Å². The van der Waals surface area contributed by atoms with E-state index in [1.54, 1.807) is 24.2 Å². The maximum Gasteiger partial charge on any atom is 0.233 e. The first-order chi connectivity index (χ1) is 9.34. The number of H-pyrrole nitrogens is 1. The molecule has 1 aliphatic heterocycles. The highest BCUT2D eigenvalue weighted by Crippen LogP contribution is 2.37.